The van der Waals surface area contributed by atoms with Crippen molar-refractivity contribution in [3.05, 3.63) is 85.1 Å². The lowest BCUT2D eigenvalue weighted by Crippen LogP contribution is -2.46. The van der Waals surface area contributed by atoms with Crippen molar-refractivity contribution in [2.24, 2.45) is 0 Å². The molecule has 0 radical (unpaired) electrons. The summed E-state index contributed by atoms with van der Waals surface area (Å²) in [7, 11) is 0. The van der Waals surface area contributed by atoms with Gasteiger partial charge >= 0.3 is 5.97 Å². The second-order valence-electron chi connectivity index (χ2n) is 19.7. The van der Waals surface area contributed by atoms with Crippen molar-refractivity contribution in [1.82, 2.24) is 5.32 Å². The van der Waals surface area contributed by atoms with E-state index in [0.29, 0.717) is 19.3 Å². The van der Waals surface area contributed by atoms with Gasteiger partial charge in [-0.25, -0.2) is 0 Å². The number of carbonyl (C=O) groups is 2. The molecule has 0 aliphatic carbocycles. The predicted octanol–water partition coefficient (Wildman–Crippen LogP) is 18.3. The molecule has 0 fully saturated rings. The summed E-state index contributed by atoms with van der Waals surface area (Å²) in [4.78, 5) is 26.2. The SMILES string of the molecule is CC/C=C/C/C=C/C/C=C/C/C=C/C/C=C/C(CC(=O)NC(CO)C(O)CCCCCCCCCCCCCCCCCCC)OC(=O)CCCCCCCCCCC/C=C\C/C=C\CCCCC. The van der Waals surface area contributed by atoms with Crippen LogP contribution in [0, 0.1) is 0 Å². The zero-order chi connectivity index (χ0) is 50.2. The van der Waals surface area contributed by atoms with Crippen LogP contribution in [0.3, 0.4) is 0 Å². The van der Waals surface area contributed by atoms with Crippen molar-refractivity contribution in [3.63, 3.8) is 0 Å². The molecule has 398 valence electrons. The van der Waals surface area contributed by atoms with Gasteiger partial charge in [-0.3, -0.25) is 9.59 Å². The molecule has 0 aromatic heterocycles. The first-order valence-corrected chi connectivity index (χ1v) is 29.3. The van der Waals surface area contributed by atoms with Gasteiger partial charge in [-0.1, -0.05) is 267 Å². The summed E-state index contributed by atoms with van der Waals surface area (Å²) in [6.45, 7) is 6.33. The van der Waals surface area contributed by atoms with E-state index in [1.165, 1.54) is 161 Å². The maximum Gasteiger partial charge on any atom is 0.306 e. The minimum atomic E-state index is -0.824. The standard InChI is InChI=1S/C63H111NO5/c1-4-7-10-13-16-19-22-25-28-30-31-33-35-38-41-44-47-50-53-56-63(68)69-59(54-51-48-45-42-39-36-27-24-21-18-15-12-9-6-3)57-62(67)64-60(58-65)61(66)55-52-49-46-43-40-37-34-32-29-26-23-20-17-14-11-8-5-2/h9,12,16,18-19,21,25,27-28,36,42,45,51,54,59-61,65-66H,4-8,10-11,13-15,17,20,22-24,26,29-35,37-41,43-44,46-50,52-53,55-58H2,1-3H3,(H,64,67)/b12-9+,19-16-,21-18+,28-25-,36-27+,45-42+,54-51+. The van der Waals surface area contributed by atoms with Gasteiger partial charge < -0.3 is 20.3 Å². The number of unbranched alkanes of at least 4 members (excludes halogenated alkanes) is 28. The minimum absolute atomic E-state index is 0.0500. The fraction of sp³-hybridized carbons (Fsp3) is 0.746. The number of amides is 1. The van der Waals surface area contributed by atoms with Crippen molar-refractivity contribution < 1.29 is 24.5 Å². The van der Waals surface area contributed by atoms with Crippen LogP contribution in [-0.2, 0) is 14.3 Å². The smallest absolute Gasteiger partial charge is 0.306 e. The minimum Gasteiger partial charge on any atom is -0.458 e. The van der Waals surface area contributed by atoms with E-state index in [4.69, 9.17) is 4.74 Å². The Labute approximate surface area is 427 Å². The molecule has 0 aromatic carbocycles. The second-order valence-corrected chi connectivity index (χ2v) is 19.7. The van der Waals surface area contributed by atoms with E-state index in [1.807, 2.05) is 6.08 Å². The lowest BCUT2D eigenvalue weighted by Gasteiger charge is -2.23. The van der Waals surface area contributed by atoms with Gasteiger partial charge in [0, 0.05) is 6.42 Å². The average molecular weight is 963 g/mol. The van der Waals surface area contributed by atoms with Crippen LogP contribution in [0.5, 0.6) is 0 Å². The summed E-state index contributed by atoms with van der Waals surface area (Å²) in [6, 6.07) is -0.747. The van der Waals surface area contributed by atoms with Gasteiger partial charge in [-0.05, 0) is 83.1 Å². The molecule has 0 saturated carbocycles. The van der Waals surface area contributed by atoms with Crippen molar-refractivity contribution in [1.29, 1.82) is 0 Å². The van der Waals surface area contributed by atoms with E-state index in [0.717, 1.165) is 70.6 Å². The maximum atomic E-state index is 13.2. The van der Waals surface area contributed by atoms with Crippen LogP contribution >= 0.6 is 0 Å². The van der Waals surface area contributed by atoms with Crippen LogP contribution in [-0.4, -0.2) is 46.9 Å². The summed E-state index contributed by atoms with van der Waals surface area (Å²) < 4.78 is 5.85. The highest BCUT2D eigenvalue weighted by Crippen LogP contribution is 2.17. The number of hydrogen-bond acceptors (Lipinski definition) is 5. The molecule has 0 aliphatic heterocycles. The summed E-state index contributed by atoms with van der Waals surface area (Å²) in [5, 5.41) is 23.8. The highest BCUT2D eigenvalue weighted by molar-refractivity contribution is 5.78. The molecule has 0 saturated heterocycles. The molecule has 1 amide bonds. The third-order valence-electron chi connectivity index (χ3n) is 13.0. The van der Waals surface area contributed by atoms with Crippen LogP contribution in [0.2, 0.25) is 0 Å². The number of allylic oxidation sites excluding steroid dienone is 13. The van der Waals surface area contributed by atoms with Gasteiger partial charge in [0.05, 0.1) is 25.2 Å². The molecular formula is C63H111NO5. The molecule has 0 spiro atoms. The zero-order valence-corrected chi connectivity index (χ0v) is 45.4. The quantitative estimate of drug-likeness (QED) is 0.0321. The van der Waals surface area contributed by atoms with Gasteiger partial charge in [0.1, 0.15) is 6.10 Å². The summed E-state index contributed by atoms with van der Waals surface area (Å²) >= 11 is 0. The zero-order valence-electron chi connectivity index (χ0n) is 45.4. The third kappa shape index (κ3) is 51.2. The largest absolute Gasteiger partial charge is 0.458 e. The summed E-state index contributed by atoms with van der Waals surface area (Å²) in [5.41, 5.74) is 0. The van der Waals surface area contributed by atoms with E-state index < -0.39 is 18.2 Å². The molecule has 3 unspecified atom stereocenters. The molecule has 3 N–H and O–H groups in total. The number of aliphatic hydroxyl groups excluding tert-OH is 2. The molecule has 0 heterocycles. The molecule has 6 heteroatoms. The van der Waals surface area contributed by atoms with Gasteiger partial charge in [0.15, 0.2) is 0 Å². The second kappa shape index (κ2) is 56.0. The van der Waals surface area contributed by atoms with Crippen LogP contribution < -0.4 is 5.32 Å². The predicted molar refractivity (Wildman–Crippen MR) is 301 cm³/mol. The Hall–Kier alpha value is -2.96. The number of nitrogens with one attached hydrogen (secondary N) is 1. The number of hydrogen-bond donors (Lipinski definition) is 3. The van der Waals surface area contributed by atoms with E-state index in [2.05, 4.69) is 99.0 Å². The number of esters is 1. The fourth-order valence-corrected chi connectivity index (χ4v) is 8.54. The first-order chi connectivity index (χ1) is 34.0. The highest BCUT2D eigenvalue weighted by atomic mass is 16.5. The van der Waals surface area contributed by atoms with Gasteiger partial charge in [-0.2, -0.15) is 0 Å². The monoisotopic (exact) mass is 962 g/mol. The van der Waals surface area contributed by atoms with Gasteiger partial charge in [-0.15, -0.1) is 0 Å². The molecule has 0 aromatic rings. The number of rotatable bonds is 52. The van der Waals surface area contributed by atoms with E-state index in [1.54, 1.807) is 6.08 Å². The molecule has 0 bridgehead atoms. The lowest BCUT2D eigenvalue weighted by atomic mass is 10.0. The summed E-state index contributed by atoms with van der Waals surface area (Å²) in [6.07, 6.45) is 74.0. The van der Waals surface area contributed by atoms with E-state index >= 15 is 0 Å². The Kier molecular flexibility index (Phi) is 53.6. The Morgan fingerprint density at radius 1 is 0.449 bits per heavy atom. The number of aliphatic hydroxyl groups is 2. The molecular weight excluding hydrogens is 851 g/mol. The molecule has 0 aliphatic rings. The highest BCUT2D eigenvalue weighted by Gasteiger charge is 2.23. The molecule has 3 atom stereocenters. The van der Waals surface area contributed by atoms with E-state index in [-0.39, 0.29) is 24.9 Å². The Morgan fingerprint density at radius 3 is 1.26 bits per heavy atom. The third-order valence-corrected chi connectivity index (χ3v) is 13.0. The lowest BCUT2D eigenvalue weighted by molar-refractivity contribution is -0.148. The van der Waals surface area contributed by atoms with Crippen molar-refractivity contribution >= 4 is 11.9 Å². The van der Waals surface area contributed by atoms with Gasteiger partial charge in [0.25, 0.3) is 0 Å². The van der Waals surface area contributed by atoms with Crippen molar-refractivity contribution in [3.8, 4) is 0 Å². The number of carbonyl (C=O) groups excluding carboxylic acids is 2. The van der Waals surface area contributed by atoms with E-state index in [9.17, 15) is 19.8 Å². The molecule has 0 rings (SSSR count). The Bertz CT molecular complexity index is 1310. The Balaban J connectivity index is 4.62. The van der Waals surface area contributed by atoms with Crippen molar-refractivity contribution in [2.75, 3.05) is 6.61 Å². The average Bonchev–Trinajstić information content (AvgIpc) is 3.34. The normalized spacial score (nSPS) is 13.8. The summed E-state index contributed by atoms with van der Waals surface area (Å²) in [5.74, 6) is -0.630. The molecule has 6 nitrogen and oxygen atoms in total. The maximum absolute atomic E-state index is 13.2. The number of ether oxygens (including phenoxy) is 1. The van der Waals surface area contributed by atoms with Crippen LogP contribution in [0.1, 0.15) is 278 Å². The fourth-order valence-electron chi connectivity index (χ4n) is 8.54. The van der Waals surface area contributed by atoms with Crippen molar-refractivity contribution in [2.45, 2.75) is 296 Å². The topological polar surface area (TPSA) is 95.9 Å². The molecule has 69 heavy (non-hydrogen) atoms. The van der Waals surface area contributed by atoms with Crippen LogP contribution in [0.15, 0.2) is 85.1 Å². The van der Waals surface area contributed by atoms with Crippen LogP contribution in [0.4, 0.5) is 0 Å². The first kappa shape index (κ1) is 66.0. The van der Waals surface area contributed by atoms with Crippen LogP contribution in [0.25, 0.3) is 0 Å². The first-order valence-electron chi connectivity index (χ1n) is 29.3. The van der Waals surface area contributed by atoms with Gasteiger partial charge in [0.2, 0.25) is 5.91 Å². The Morgan fingerprint density at radius 2 is 0.812 bits per heavy atom.